The standard InChI is InChI=1S/C12H9FO2S2/c1-7(14)10(12-16-6-17-12)11(15)8-2-4-9(13)5-3-8/h2-5H,6H2,1H3. The summed E-state index contributed by atoms with van der Waals surface area (Å²) in [4.78, 5) is 23.6. The molecule has 0 N–H and O–H groups in total. The van der Waals surface area contributed by atoms with Crippen LogP contribution in [0, 0.1) is 5.82 Å². The molecule has 2 nitrogen and oxygen atoms in total. The van der Waals surface area contributed by atoms with Crippen LogP contribution in [0.25, 0.3) is 0 Å². The molecule has 88 valence electrons. The third-order valence-electron chi connectivity index (χ3n) is 2.27. The van der Waals surface area contributed by atoms with Crippen LogP contribution in [0.3, 0.4) is 0 Å². The number of carbonyl (C=O) groups is 2. The Kier molecular flexibility index (Phi) is 3.69. The van der Waals surface area contributed by atoms with Crippen LogP contribution < -0.4 is 0 Å². The number of ketones is 2. The molecule has 1 aromatic rings. The van der Waals surface area contributed by atoms with E-state index in [4.69, 9.17) is 0 Å². The van der Waals surface area contributed by atoms with Crippen molar-refractivity contribution in [2.75, 3.05) is 5.08 Å². The average molecular weight is 268 g/mol. The summed E-state index contributed by atoms with van der Waals surface area (Å²) in [6, 6.07) is 5.23. The van der Waals surface area contributed by atoms with Gasteiger partial charge in [0, 0.05) is 10.6 Å². The molecule has 1 aromatic carbocycles. The summed E-state index contributed by atoms with van der Waals surface area (Å²) in [5.74, 6) is -0.966. The number of carbonyl (C=O) groups excluding carboxylic acids is 2. The maximum Gasteiger partial charge on any atom is 0.198 e. The molecule has 1 heterocycles. The zero-order valence-corrected chi connectivity index (χ0v) is 10.7. The Labute approximate surface area is 107 Å². The summed E-state index contributed by atoms with van der Waals surface area (Å²) in [6.07, 6.45) is 0. The van der Waals surface area contributed by atoms with E-state index in [9.17, 15) is 14.0 Å². The lowest BCUT2D eigenvalue weighted by molar-refractivity contribution is -0.113. The predicted molar refractivity (Wildman–Crippen MR) is 68.5 cm³/mol. The number of rotatable bonds is 3. The minimum Gasteiger partial charge on any atom is -0.294 e. The fourth-order valence-corrected chi connectivity index (χ4v) is 3.11. The van der Waals surface area contributed by atoms with Crippen molar-refractivity contribution < 1.29 is 14.0 Å². The van der Waals surface area contributed by atoms with E-state index in [1.54, 1.807) is 0 Å². The largest absolute Gasteiger partial charge is 0.294 e. The molecule has 0 spiro atoms. The van der Waals surface area contributed by atoms with Crippen molar-refractivity contribution >= 4 is 35.1 Å². The quantitative estimate of drug-likeness (QED) is 0.365. The van der Waals surface area contributed by atoms with Crippen LogP contribution in [0.4, 0.5) is 4.39 Å². The summed E-state index contributed by atoms with van der Waals surface area (Å²) in [5, 5.41) is 0.864. The Morgan fingerprint density at radius 1 is 1.18 bits per heavy atom. The van der Waals surface area contributed by atoms with E-state index < -0.39 is 5.82 Å². The highest BCUT2D eigenvalue weighted by molar-refractivity contribution is 8.37. The fourth-order valence-electron chi connectivity index (χ4n) is 1.40. The molecule has 0 bridgehead atoms. The van der Waals surface area contributed by atoms with Crippen LogP contribution in [0.2, 0.25) is 0 Å². The zero-order chi connectivity index (χ0) is 12.4. The lowest BCUT2D eigenvalue weighted by Gasteiger charge is -2.18. The molecule has 0 amide bonds. The van der Waals surface area contributed by atoms with Crippen LogP contribution in [-0.4, -0.2) is 16.7 Å². The van der Waals surface area contributed by atoms with Gasteiger partial charge in [-0.2, -0.15) is 0 Å². The second kappa shape index (κ2) is 5.06. The van der Waals surface area contributed by atoms with E-state index in [1.807, 2.05) is 0 Å². The Morgan fingerprint density at radius 3 is 2.18 bits per heavy atom. The first-order chi connectivity index (χ1) is 8.09. The first kappa shape index (κ1) is 12.4. The van der Waals surface area contributed by atoms with Gasteiger partial charge in [-0.15, -0.1) is 23.5 Å². The van der Waals surface area contributed by atoms with Gasteiger partial charge in [-0.25, -0.2) is 4.39 Å². The minimum absolute atomic E-state index is 0.220. The van der Waals surface area contributed by atoms with E-state index in [0.717, 1.165) is 9.32 Å². The van der Waals surface area contributed by atoms with E-state index in [1.165, 1.54) is 54.7 Å². The average Bonchev–Trinajstić information content (AvgIpc) is 2.23. The van der Waals surface area contributed by atoms with Crippen molar-refractivity contribution in [3.05, 3.63) is 45.5 Å². The van der Waals surface area contributed by atoms with Gasteiger partial charge in [0.1, 0.15) is 5.82 Å². The lowest BCUT2D eigenvalue weighted by atomic mass is 10.0. The number of allylic oxidation sites excluding steroid dienone is 1. The number of Topliss-reactive ketones (excluding diaryl/α,β-unsaturated/α-hetero) is 2. The van der Waals surface area contributed by atoms with Crippen molar-refractivity contribution in [1.29, 1.82) is 0 Å². The highest BCUT2D eigenvalue weighted by atomic mass is 32.3. The monoisotopic (exact) mass is 268 g/mol. The molecular weight excluding hydrogens is 259 g/mol. The second-order valence-electron chi connectivity index (χ2n) is 3.46. The molecule has 1 saturated heterocycles. The summed E-state index contributed by atoms with van der Waals surface area (Å²) in [6.45, 7) is 1.38. The molecule has 0 unspecified atom stereocenters. The molecule has 5 heteroatoms. The highest BCUT2D eigenvalue weighted by Crippen LogP contribution is 2.45. The van der Waals surface area contributed by atoms with Crippen LogP contribution in [0.5, 0.6) is 0 Å². The first-order valence-electron chi connectivity index (χ1n) is 4.90. The Morgan fingerprint density at radius 2 is 1.76 bits per heavy atom. The third-order valence-corrected chi connectivity index (χ3v) is 4.85. The van der Waals surface area contributed by atoms with Crippen LogP contribution in [-0.2, 0) is 4.79 Å². The number of benzene rings is 1. The van der Waals surface area contributed by atoms with Gasteiger partial charge in [-0.3, -0.25) is 9.59 Å². The number of hydrogen-bond donors (Lipinski definition) is 0. The molecule has 0 saturated carbocycles. The number of halogens is 1. The second-order valence-corrected chi connectivity index (χ2v) is 6.06. The molecule has 1 fully saturated rings. The normalized spacial score (nSPS) is 14.1. The maximum absolute atomic E-state index is 12.7. The predicted octanol–water partition coefficient (Wildman–Crippen LogP) is 3.25. The number of thioether (sulfide) groups is 2. The molecule has 1 aliphatic rings. The van der Waals surface area contributed by atoms with Gasteiger partial charge in [0.2, 0.25) is 0 Å². The summed E-state index contributed by atoms with van der Waals surface area (Å²) in [5.41, 5.74) is 0.565. The van der Waals surface area contributed by atoms with Crippen LogP contribution in [0.15, 0.2) is 34.1 Å². The Balaban J connectivity index is 2.35. The van der Waals surface area contributed by atoms with Crippen molar-refractivity contribution in [3.63, 3.8) is 0 Å². The van der Waals surface area contributed by atoms with Gasteiger partial charge in [0.15, 0.2) is 11.6 Å². The van der Waals surface area contributed by atoms with Crippen LogP contribution in [0.1, 0.15) is 17.3 Å². The Bertz CT molecular complexity index is 500. The van der Waals surface area contributed by atoms with E-state index >= 15 is 0 Å². The molecule has 0 aromatic heterocycles. The fraction of sp³-hybridized carbons (Fsp3) is 0.167. The van der Waals surface area contributed by atoms with Gasteiger partial charge in [0.25, 0.3) is 0 Å². The van der Waals surface area contributed by atoms with Crippen molar-refractivity contribution in [2.45, 2.75) is 6.92 Å². The first-order valence-corrected chi connectivity index (χ1v) is 6.88. The van der Waals surface area contributed by atoms with Crippen molar-refractivity contribution in [1.82, 2.24) is 0 Å². The number of hydrogen-bond acceptors (Lipinski definition) is 4. The van der Waals surface area contributed by atoms with Gasteiger partial charge >= 0.3 is 0 Å². The van der Waals surface area contributed by atoms with Gasteiger partial charge in [-0.1, -0.05) is 0 Å². The molecule has 1 aliphatic heterocycles. The summed E-state index contributed by atoms with van der Waals surface area (Å²) >= 11 is 2.99. The smallest absolute Gasteiger partial charge is 0.198 e. The highest BCUT2D eigenvalue weighted by Gasteiger charge is 2.25. The summed E-state index contributed by atoms with van der Waals surface area (Å²) in [7, 11) is 0. The maximum atomic E-state index is 12.7. The van der Waals surface area contributed by atoms with Gasteiger partial charge in [0.05, 0.1) is 9.81 Å². The Hall–Kier alpha value is -1.07. The minimum atomic E-state index is -0.397. The van der Waals surface area contributed by atoms with Crippen molar-refractivity contribution in [2.24, 2.45) is 0 Å². The van der Waals surface area contributed by atoms with E-state index in [0.29, 0.717) is 5.56 Å². The van der Waals surface area contributed by atoms with Gasteiger partial charge in [-0.05, 0) is 31.2 Å². The topological polar surface area (TPSA) is 34.1 Å². The molecule has 0 radical (unpaired) electrons. The van der Waals surface area contributed by atoms with Gasteiger partial charge < -0.3 is 0 Å². The van der Waals surface area contributed by atoms with Crippen LogP contribution >= 0.6 is 23.5 Å². The van der Waals surface area contributed by atoms with E-state index in [-0.39, 0.29) is 17.1 Å². The molecule has 0 aliphatic carbocycles. The van der Waals surface area contributed by atoms with Crippen molar-refractivity contribution in [3.8, 4) is 0 Å². The lowest BCUT2D eigenvalue weighted by Crippen LogP contribution is -2.14. The zero-order valence-electron chi connectivity index (χ0n) is 9.03. The third kappa shape index (κ3) is 2.61. The molecule has 0 atom stereocenters. The SMILES string of the molecule is CC(=O)C(C(=O)c1ccc(F)cc1)=C1SCS1. The molecular formula is C12H9FO2S2. The summed E-state index contributed by atoms with van der Waals surface area (Å²) < 4.78 is 13.5. The molecule has 17 heavy (non-hydrogen) atoms. The molecule has 2 rings (SSSR count). The van der Waals surface area contributed by atoms with E-state index in [2.05, 4.69) is 0 Å².